The summed E-state index contributed by atoms with van der Waals surface area (Å²) >= 11 is 0. The fourth-order valence-corrected chi connectivity index (χ4v) is 2.03. The van der Waals surface area contributed by atoms with Gasteiger partial charge in [0.2, 0.25) is 0 Å². The standard InChI is InChI=1S/C17H26N2O3/c1-7-19(5,6)13(4)16(20)18-15-12(3)10-9-11-14(15)17(21)22-8-2/h9-11,13H,7-8H2,1-6H3/p+1. The highest BCUT2D eigenvalue weighted by Gasteiger charge is 2.30. The van der Waals surface area contributed by atoms with Crippen LogP contribution in [0.1, 0.15) is 36.7 Å². The SMILES string of the molecule is CCOC(=O)c1cccc(C)c1NC(=O)C(C)[N+](C)(C)CC. The van der Waals surface area contributed by atoms with Crippen LogP contribution in [0.2, 0.25) is 0 Å². The molecule has 5 heteroatoms. The number of nitrogens with one attached hydrogen (secondary N) is 1. The van der Waals surface area contributed by atoms with Gasteiger partial charge in [0.05, 0.1) is 38.5 Å². The molecule has 0 aliphatic heterocycles. The zero-order valence-electron chi connectivity index (χ0n) is 14.4. The summed E-state index contributed by atoms with van der Waals surface area (Å²) in [7, 11) is 4.02. The Kier molecular flexibility index (Phi) is 6.11. The molecule has 0 bridgehead atoms. The fraction of sp³-hybridized carbons (Fsp3) is 0.529. The van der Waals surface area contributed by atoms with Crippen LogP contribution >= 0.6 is 0 Å². The molecule has 0 radical (unpaired) electrons. The summed E-state index contributed by atoms with van der Waals surface area (Å²) in [6.07, 6.45) is 0. The van der Waals surface area contributed by atoms with Gasteiger partial charge in [-0.25, -0.2) is 4.79 Å². The smallest absolute Gasteiger partial charge is 0.340 e. The maximum absolute atomic E-state index is 12.5. The van der Waals surface area contributed by atoms with Gasteiger partial charge in [-0.15, -0.1) is 0 Å². The van der Waals surface area contributed by atoms with Crippen molar-refractivity contribution >= 4 is 17.6 Å². The zero-order chi connectivity index (χ0) is 16.9. The summed E-state index contributed by atoms with van der Waals surface area (Å²) in [6.45, 7) is 8.70. The summed E-state index contributed by atoms with van der Waals surface area (Å²) in [5, 5.41) is 2.90. The van der Waals surface area contributed by atoms with Crippen molar-refractivity contribution < 1.29 is 18.8 Å². The highest BCUT2D eigenvalue weighted by Crippen LogP contribution is 2.22. The predicted molar refractivity (Wildman–Crippen MR) is 87.9 cm³/mol. The third kappa shape index (κ3) is 4.07. The Morgan fingerprint density at radius 2 is 1.91 bits per heavy atom. The summed E-state index contributed by atoms with van der Waals surface area (Å²) in [5.74, 6) is -0.523. The van der Waals surface area contributed by atoms with Gasteiger partial charge in [0.1, 0.15) is 0 Å². The molecule has 0 aliphatic carbocycles. The summed E-state index contributed by atoms with van der Waals surface area (Å²) in [4.78, 5) is 24.6. The lowest BCUT2D eigenvalue weighted by atomic mass is 10.1. The Balaban J connectivity index is 3.07. The minimum Gasteiger partial charge on any atom is -0.462 e. The van der Waals surface area contributed by atoms with Crippen molar-refractivity contribution in [1.82, 2.24) is 0 Å². The van der Waals surface area contributed by atoms with Gasteiger partial charge >= 0.3 is 5.97 Å². The van der Waals surface area contributed by atoms with E-state index < -0.39 is 5.97 Å². The minimum absolute atomic E-state index is 0.105. The molecule has 0 aliphatic rings. The molecule has 0 aromatic heterocycles. The molecular formula is C17H27N2O3+. The number of esters is 1. The highest BCUT2D eigenvalue weighted by atomic mass is 16.5. The van der Waals surface area contributed by atoms with E-state index in [0.717, 1.165) is 12.1 Å². The van der Waals surface area contributed by atoms with Gasteiger partial charge in [-0.05, 0) is 39.3 Å². The molecule has 1 atom stereocenters. The van der Waals surface area contributed by atoms with Crippen molar-refractivity contribution in [3.05, 3.63) is 29.3 Å². The molecular weight excluding hydrogens is 280 g/mol. The van der Waals surface area contributed by atoms with E-state index in [2.05, 4.69) is 5.32 Å². The van der Waals surface area contributed by atoms with Gasteiger partial charge in [0.15, 0.2) is 6.04 Å². The number of likely N-dealkylation sites (N-methyl/N-ethyl adjacent to an activating group) is 1. The molecule has 122 valence electrons. The van der Waals surface area contributed by atoms with E-state index >= 15 is 0 Å². The van der Waals surface area contributed by atoms with Crippen LogP contribution in [0.15, 0.2) is 18.2 Å². The average Bonchev–Trinajstić information content (AvgIpc) is 2.48. The van der Waals surface area contributed by atoms with E-state index in [1.165, 1.54) is 0 Å². The van der Waals surface area contributed by atoms with Crippen molar-refractivity contribution in [2.75, 3.05) is 32.6 Å². The third-order valence-corrected chi connectivity index (χ3v) is 4.26. The Bertz CT molecular complexity index is 553. The second-order valence-corrected chi connectivity index (χ2v) is 5.98. The van der Waals surface area contributed by atoms with E-state index in [1.807, 2.05) is 40.9 Å². The lowest BCUT2D eigenvalue weighted by Crippen LogP contribution is -2.52. The molecule has 0 saturated carbocycles. The number of aryl methyl sites for hydroxylation is 1. The van der Waals surface area contributed by atoms with Crippen LogP contribution in [0, 0.1) is 6.92 Å². The molecule has 1 rings (SSSR count). The van der Waals surface area contributed by atoms with Crippen molar-refractivity contribution in [2.45, 2.75) is 33.7 Å². The number of anilines is 1. The molecule has 22 heavy (non-hydrogen) atoms. The number of benzene rings is 1. The lowest BCUT2D eigenvalue weighted by molar-refractivity contribution is -0.902. The molecule has 1 aromatic carbocycles. The Hall–Kier alpha value is -1.88. The molecule has 0 spiro atoms. The number of ether oxygens (including phenoxy) is 1. The number of rotatable bonds is 6. The molecule has 1 N–H and O–H groups in total. The van der Waals surface area contributed by atoms with Crippen molar-refractivity contribution in [3.8, 4) is 0 Å². The molecule has 0 fully saturated rings. The highest BCUT2D eigenvalue weighted by molar-refractivity contribution is 6.03. The second-order valence-electron chi connectivity index (χ2n) is 5.98. The predicted octanol–water partition coefficient (Wildman–Crippen LogP) is 2.60. The van der Waals surface area contributed by atoms with Crippen LogP contribution in [-0.2, 0) is 9.53 Å². The van der Waals surface area contributed by atoms with Gasteiger partial charge in [-0.3, -0.25) is 4.79 Å². The maximum atomic E-state index is 12.5. The number of nitrogens with zero attached hydrogens (tertiary/aromatic N) is 1. The van der Waals surface area contributed by atoms with E-state index in [1.54, 1.807) is 19.1 Å². The molecule has 0 saturated heterocycles. The first-order chi connectivity index (χ1) is 10.2. The summed E-state index contributed by atoms with van der Waals surface area (Å²) < 4.78 is 5.64. The molecule has 1 aromatic rings. The Morgan fingerprint density at radius 1 is 1.27 bits per heavy atom. The summed E-state index contributed by atoms with van der Waals surface area (Å²) in [6, 6.07) is 5.10. The first kappa shape index (κ1) is 18.2. The van der Waals surface area contributed by atoms with Crippen LogP contribution in [0.25, 0.3) is 0 Å². The number of amides is 1. The zero-order valence-corrected chi connectivity index (χ0v) is 14.4. The molecule has 1 amide bonds. The third-order valence-electron chi connectivity index (χ3n) is 4.26. The summed E-state index contributed by atoms with van der Waals surface area (Å²) in [5.41, 5.74) is 1.77. The average molecular weight is 307 g/mol. The van der Waals surface area contributed by atoms with Crippen LogP contribution in [0.3, 0.4) is 0 Å². The number of carbonyl (C=O) groups is 2. The number of quaternary nitrogens is 1. The van der Waals surface area contributed by atoms with Crippen LogP contribution in [0.4, 0.5) is 5.69 Å². The van der Waals surface area contributed by atoms with E-state index in [-0.39, 0.29) is 11.9 Å². The van der Waals surface area contributed by atoms with Gasteiger partial charge in [-0.1, -0.05) is 12.1 Å². The Morgan fingerprint density at radius 3 is 2.45 bits per heavy atom. The number of para-hydroxylation sites is 1. The van der Waals surface area contributed by atoms with Gasteiger partial charge < -0.3 is 14.5 Å². The van der Waals surface area contributed by atoms with Gasteiger partial charge in [0.25, 0.3) is 5.91 Å². The van der Waals surface area contributed by atoms with E-state index in [0.29, 0.717) is 22.3 Å². The van der Waals surface area contributed by atoms with Crippen molar-refractivity contribution in [1.29, 1.82) is 0 Å². The topological polar surface area (TPSA) is 55.4 Å². The van der Waals surface area contributed by atoms with Crippen LogP contribution < -0.4 is 5.32 Å². The normalized spacial score (nSPS) is 12.6. The van der Waals surface area contributed by atoms with Crippen LogP contribution in [0.5, 0.6) is 0 Å². The van der Waals surface area contributed by atoms with Gasteiger partial charge in [0, 0.05) is 0 Å². The monoisotopic (exact) mass is 307 g/mol. The first-order valence-corrected chi connectivity index (χ1v) is 7.64. The van der Waals surface area contributed by atoms with Crippen LogP contribution in [-0.4, -0.2) is 49.6 Å². The largest absolute Gasteiger partial charge is 0.462 e. The lowest BCUT2D eigenvalue weighted by Gasteiger charge is -2.34. The number of hydrogen-bond donors (Lipinski definition) is 1. The first-order valence-electron chi connectivity index (χ1n) is 7.64. The molecule has 5 nitrogen and oxygen atoms in total. The van der Waals surface area contributed by atoms with E-state index in [4.69, 9.17) is 4.74 Å². The quantitative estimate of drug-likeness (QED) is 0.649. The Labute approximate surface area is 132 Å². The number of hydrogen-bond acceptors (Lipinski definition) is 3. The molecule has 0 heterocycles. The number of carbonyl (C=O) groups excluding carboxylic acids is 2. The second kappa shape index (κ2) is 7.40. The van der Waals surface area contributed by atoms with E-state index in [9.17, 15) is 9.59 Å². The van der Waals surface area contributed by atoms with Crippen molar-refractivity contribution in [2.24, 2.45) is 0 Å². The minimum atomic E-state index is -0.418. The molecule has 1 unspecified atom stereocenters. The fourth-order valence-electron chi connectivity index (χ4n) is 2.03. The van der Waals surface area contributed by atoms with Crippen molar-refractivity contribution in [3.63, 3.8) is 0 Å². The van der Waals surface area contributed by atoms with Gasteiger partial charge in [-0.2, -0.15) is 0 Å². The maximum Gasteiger partial charge on any atom is 0.340 e.